The van der Waals surface area contributed by atoms with Crippen LogP contribution in [0.1, 0.15) is 5.69 Å². The lowest BCUT2D eigenvalue weighted by Gasteiger charge is -2.06. The molecule has 2 rings (SSSR count). The van der Waals surface area contributed by atoms with Crippen LogP contribution in [-0.2, 0) is 0 Å². The maximum Gasteiger partial charge on any atom is 0.307 e. The van der Waals surface area contributed by atoms with Gasteiger partial charge in [0.05, 0.1) is 23.4 Å². The number of hydrogen-bond acceptors (Lipinski definition) is 6. The Kier molecular flexibility index (Phi) is 3.69. The van der Waals surface area contributed by atoms with Gasteiger partial charge in [-0.1, -0.05) is 0 Å². The van der Waals surface area contributed by atoms with Crippen molar-refractivity contribution in [2.24, 2.45) is 5.73 Å². The van der Waals surface area contributed by atoms with E-state index in [1.54, 1.807) is 0 Å². The number of halogens is 2. The highest BCUT2D eigenvalue weighted by atomic mass is 19.1. The van der Waals surface area contributed by atoms with Crippen LogP contribution in [-0.4, -0.2) is 20.7 Å². The van der Waals surface area contributed by atoms with Gasteiger partial charge in [-0.15, -0.1) is 0 Å². The second-order valence-electron chi connectivity index (χ2n) is 3.75. The fourth-order valence-electron chi connectivity index (χ4n) is 1.36. The second kappa shape index (κ2) is 5.45. The first-order chi connectivity index (χ1) is 9.88. The molecule has 0 saturated heterocycles. The predicted molar refractivity (Wildman–Crippen MR) is 66.1 cm³/mol. The van der Waals surface area contributed by atoms with Gasteiger partial charge in [0, 0.05) is 6.07 Å². The van der Waals surface area contributed by atoms with Crippen LogP contribution in [0.4, 0.5) is 14.5 Å². The van der Waals surface area contributed by atoms with Crippen LogP contribution >= 0.6 is 0 Å². The predicted octanol–water partition coefficient (Wildman–Crippen LogP) is 1.74. The van der Waals surface area contributed by atoms with Crippen LogP contribution in [0.15, 0.2) is 24.5 Å². The number of nitro benzene ring substituents is 1. The van der Waals surface area contributed by atoms with E-state index in [2.05, 4.69) is 9.97 Å². The summed E-state index contributed by atoms with van der Waals surface area (Å²) in [5, 5.41) is 17.6. The van der Waals surface area contributed by atoms with Gasteiger partial charge in [0.2, 0.25) is 11.7 Å². The Bertz CT molecular complexity index is 721. The van der Waals surface area contributed by atoms with Crippen molar-refractivity contribution >= 4 is 11.5 Å². The quantitative estimate of drug-likeness (QED) is 0.382. The second-order valence-corrected chi connectivity index (χ2v) is 3.75. The van der Waals surface area contributed by atoms with Gasteiger partial charge in [-0.25, -0.2) is 14.4 Å². The van der Waals surface area contributed by atoms with Crippen LogP contribution in [0.5, 0.6) is 11.6 Å². The lowest BCUT2D eigenvalue weighted by molar-refractivity contribution is -0.387. The lowest BCUT2D eigenvalue weighted by atomic mass is 10.3. The zero-order valence-corrected chi connectivity index (χ0v) is 10.2. The number of ether oxygens (including phenoxy) is 1. The number of nitrogens with one attached hydrogen (secondary N) is 1. The molecule has 0 fully saturated rings. The highest BCUT2D eigenvalue weighted by molar-refractivity contribution is 5.92. The number of benzene rings is 1. The SMILES string of the molecule is N=C(N)c1cnc(Oc2cc(F)c([N+](=O)[O-])cc2F)cn1. The highest BCUT2D eigenvalue weighted by Gasteiger charge is 2.20. The molecule has 1 heterocycles. The first-order valence-corrected chi connectivity index (χ1v) is 5.36. The molecular formula is C11H7F2N5O3. The van der Waals surface area contributed by atoms with Crippen LogP contribution in [0.25, 0.3) is 0 Å². The Hall–Kier alpha value is -3.17. The van der Waals surface area contributed by atoms with Gasteiger partial charge in [0.15, 0.2) is 11.6 Å². The molecule has 0 unspecified atom stereocenters. The largest absolute Gasteiger partial charge is 0.434 e. The summed E-state index contributed by atoms with van der Waals surface area (Å²) in [5.74, 6) is -3.46. The Morgan fingerprint density at radius 2 is 2.00 bits per heavy atom. The van der Waals surface area contributed by atoms with Crippen molar-refractivity contribution in [2.45, 2.75) is 0 Å². The van der Waals surface area contributed by atoms with Gasteiger partial charge in [-0.05, 0) is 0 Å². The third-order valence-electron chi connectivity index (χ3n) is 2.32. The number of aromatic nitrogens is 2. The average molecular weight is 295 g/mol. The summed E-state index contributed by atoms with van der Waals surface area (Å²) in [7, 11) is 0. The Balaban J connectivity index is 2.29. The van der Waals surface area contributed by atoms with Crippen LogP contribution in [0, 0.1) is 27.2 Å². The molecule has 0 aliphatic heterocycles. The third kappa shape index (κ3) is 3.05. The number of nitrogens with two attached hydrogens (primary N) is 1. The van der Waals surface area contributed by atoms with Crippen molar-refractivity contribution in [1.82, 2.24) is 9.97 Å². The molecule has 0 aliphatic carbocycles. The standard InChI is InChI=1S/C11H7F2N5O3/c12-5-2-9(6(13)1-8(5)18(19)20)21-10-4-16-7(3-17-10)11(14)15/h1-4H,(H3,14,15). The molecule has 0 saturated carbocycles. The van der Waals surface area contributed by atoms with E-state index in [0.29, 0.717) is 12.1 Å². The van der Waals surface area contributed by atoms with Crippen LogP contribution in [0.3, 0.4) is 0 Å². The number of nitrogens with zero attached hydrogens (tertiary/aromatic N) is 3. The van der Waals surface area contributed by atoms with Crippen molar-refractivity contribution < 1.29 is 18.4 Å². The first kappa shape index (κ1) is 14.2. The molecule has 8 nitrogen and oxygen atoms in total. The van der Waals surface area contributed by atoms with Crippen molar-refractivity contribution in [3.05, 3.63) is 52.0 Å². The summed E-state index contributed by atoms with van der Waals surface area (Å²) >= 11 is 0. The lowest BCUT2D eigenvalue weighted by Crippen LogP contribution is -2.13. The number of nitrogen functional groups attached to an aromatic ring is 1. The molecule has 3 N–H and O–H groups in total. The van der Waals surface area contributed by atoms with Crippen molar-refractivity contribution in [3.63, 3.8) is 0 Å². The molecule has 0 radical (unpaired) electrons. The van der Waals surface area contributed by atoms with Crippen molar-refractivity contribution in [3.8, 4) is 11.6 Å². The van der Waals surface area contributed by atoms with E-state index >= 15 is 0 Å². The van der Waals surface area contributed by atoms with Gasteiger partial charge >= 0.3 is 5.69 Å². The van der Waals surface area contributed by atoms with Gasteiger partial charge in [0.25, 0.3) is 0 Å². The zero-order chi connectivity index (χ0) is 15.6. The summed E-state index contributed by atoms with van der Waals surface area (Å²) in [6, 6.07) is 0.941. The molecule has 0 atom stereocenters. The smallest absolute Gasteiger partial charge is 0.307 e. The highest BCUT2D eigenvalue weighted by Crippen LogP contribution is 2.28. The van der Waals surface area contributed by atoms with Crippen molar-refractivity contribution in [1.29, 1.82) is 5.41 Å². The molecule has 1 aromatic heterocycles. The van der Waals surface area contributed by atoms with Crippen molar-refractivity contribution in [2.75, 3.05) is 0 Å². The monoisotopic (exact) mass is 295 g/mol. The number of hydrogen-bond donors (Lipinski definition) is 2. The van der Waals surface area contributed by atoms with Gasteiger partial charge in [-0.3, -0.25) is 15.5 Å². The summed E-state index contributed by atoms with van der Waals surface area (Å²) in [4.78, 5) is 16.8. The molecule has 0 amide bonds. The van der Waals surface area contributed by atoms with E-state index < -0.39 is 28.0 Å². The van der Waals surface area contributed by atoms with E-state index in [-0.39, 0.29) is 17.4 Å². The minimum Gasteiger partial charge on any atom is -0.434 e. The maximum absolute atomic E-state index is 13.6. The zero-order valence-electron chi connectivity index (χ0n) is 10.2. The molecule has 0 aliphatic rings. The fraction of sp³-hybridized carbons (Fsp3) is 0. The fourth-order valence-corrected chi connectivity index (χ4v) is 1.36. The van der Waals surface area contributed by atoms with Gasteiger partial charge in [-0.2, -0.15) is 4.39 Å². The van der Waals surface area contributed by atoms with Crippen LogP contribution < -0.4 is 10.5 Å². The molecule has 1 aromatic carbocycles. The van der Waals surface area contributed by atoms with E-state index in [4.69, 9.17) is 15.9 Å². The molecule has 108 valence electrons. The van der Waals surface area contributed by atoms with E-state index in [9.17, 15) is 18.9 Å². The number of rotatable bonds is 4. The van der Waals surface area contributed by atoms with E-state index in [1.165, 1.54) is 0 Å². The molecular weight excluding hydrogens is 288 g/mol. The Morgan fingerprint density at radius 3 is 2.52 bits per heavy atom. The van der Waals surface area contributed by atoms with Gasteiger partial charge < -0.3 is 10.5 Å². The normalized spacial score (nSPS) is 10.2. The van der Waals surface area contributed by atoms with E-state index in [1.807, 2.05) is 0 Å². The number of amidine groups is 1. The van der Waals surface area contributed by atoms with Crippen LogP contribution in [0.2, 0.25) is 0 Å². The van der Waals surface area contributed by atoms with E-state index in [0.717, 1.165) is 12.4 Å². The first-order valence-electron chi connectivity index (χ1n) is 5.36. The summed E-state index contributed by atoms with van der Waals surface area (Å²) < 4.78 is 31.9. The minimum atomic E-state index is -1.25. The molecule has 10 heteroatoms. The summed E-state index contributed by atoms with van der Waals surface area (Å²) in [5.41, 5.74) is 4.25. The third-order valence-corrected chi connectivity index (χ3v) is 2.32. The summed E-state index contributed by atoms with van der Waals surface area (Å²) in [6.45, 7) is 0. The Labute approximate surface area is 115 Å². The molecule has 2 aromatic rings. The minimum absolute atomic E-state index is 0.0812. The molecule has 0 spiro atoms. The Morgan fingerprint density at radius 1 is 1.29 bits per heavy atom. The van der Waals surface area contributed by atoms with Gasteiger partial charge in [0.1, 0.15) is 11.5 Å². The number of nitro groups is 1. The topological polar surface area (TPSA) is 128 Å². The average Bonchev–Trinajstić information content (AvgIpc) is 2.42. The summed E-state index contributed by atoms with van der Waals surface area (Å²) in [6.07, 6.45) is 2.16. The molecule has 21 heavy (non-hydrogen) atoms. The molecule has 0 bridgehead atoms. The maximum atomic E-state index is 13.6.